The Balaban J connectivity index is 1.73. The van der Waals surface area contributed by atoms with E-state index in [1.165, 1.54) is 30.5 Å². The molecule has 0 saturated carbocycles. The highest BCUT2D eigenvalue weighted by molar-refractivity contribution is 6.04. The van der Waals surface area contributed by atoms with E-state index in [0.29, 0.717) is 5.56 Å². The summed E-state index contributed by atoms with van der Waals surface area (Å²) in [6, 6.07) is 10.2. The molecule has 0 bridgehead atoms. The molecule has 0 atom stereocenters. The fourth-order valence-electron chi connectivity index (χ4n) is 2.27. The Labute approximate surface area is 157 Å². The van der Waals surface area contributed by atoms with Gasteiger partial charge in [0.15, 0.2) is 5.69 Å². The monoisotopic (exact) mass is 389 g/mol. The zero-order chi connectivity index (χ0) is 20.3. The van der Waals surface area contributed by atoms with Crippen LogP contribution in [-0.4, -0.2) is 21.0 Å². The van der Waals surface area contributed by atoms with Crippen molar-refractivity contribution in [1.29, 1.82) is 0 Å². The number of amides is 1. The van der Waals surface area contributed by atoms with Crippen LogP contribution in [0.5, 0.6) is 17.4 Å². The Morgan fingerprint density at radius 3 is 2.50 bits per heavy atom. The third-order valence-electron chi connectivity index (χ3n) is 3.71. The van der Waals surface area contributed by atoms with E-state index in [1.807, 2.05) is 0 Å². The van der Waals surface area contributed by atoms with Gasteiger partial charge in [-0.3, -0.25) is 4.79 Å². The van der Waals surface area contributed by atoms with Gasteiger partial charge in [-0.25, -0.2) is 4.98 Å². The Bertz CT molecular complexity index is 1010. The number of alkyl halides is 3. The molecule has 0 aliphatic rings. The second-order valence-corrected chi connectivity index (χ2v) is 5.76. The molecule has 0 spiro atoms. The topological polar surface area (TPSA) is 84.3 Å². The van der Waals surface area contributed by atoms with Crippen LogP contribution in [0.2, 0.25) is 0 Å². The molecule has 1 aromatic carbocycles. The molecular formula is C19H14F3N3O3. The molecule has 0 radical (unpaired) electrons. The number of carbonyl (C=O) groups excluding carboxylic acids is 1. The van der Waals surface area contributed by atoms with Gasteiger partial charge in [0.2, 0.25) is 5.88 Å². The maximum Gasteiger partial charge on any atom is 0.416 e. The van der Waals surface area contributed by atoms with Crippen LogP contribution in [0, 0.1) is 6.92 Å². The second kappa shape index (κ2) is 7.55. The number of benzene rings is 1. The van der Waals surface area contributed by atoms with Crippen LogP contribution in [0.3, 0.4) is 0 Å². The van der Waals surface area contributed by atoms with Crippen molar-refractivity contribution in [3.8, 4) is 17.4 Å². The molecule has 0 fully saturated rings. The third kappa shape index (κ3) is 4.37. The van der Waals surface area contributed by atoms with Crippen molar-refractivity contribution >= 4 is 11.7 Å². The maximum atomic E-state index is 12.6. The molecule has 9 heteroatoms. The molecular weight excluding hydrogens is 375 g/mol. The first-order valence-electron chi connectivity index (χ1n) is 8.02. The lowest BCUT2D eigenvalue weighted by molar-refractivity contribution is -0.137. The van der Waals surface area contributed by atoms with Crippen molar-refractivity contribution in [3.05, 3.63) is 71.5 Å². The number of nitrogens with one attached hydrogen (secondary N) is 1. The van der Waals surface area contributed by atoms with Crippen LogP contribution in [0.1, 0.15) is 21.6 Å². The summed E-state index contributed by atoms with van der Waals surface area (Å²) in [5, 5.41) is 12.4. The standard InChI is InChI=1S/C19H14F3N3O3/c1-11-9-10-23-16(17(11)26)18(27)25-14-3-2-4-15(24-14)28-13-7-5-12(6-8-13)19(20,21)22/h2-10,26H,1H3,(H,24,25,27). The number of hydrogen-bond donors (Lipinski definition) is 2. The summed E-state index contributed by atoms with van der Waals surface area (Å²) < 4.78 is 43.2. The number of rotatable bonds is 4. The van der Waals surface area contributed by atoms with Crippen molar-refractivity contribution < 1.29 is 27.8 Å². The van der Waals surface area contributed by atoms with Crippen LogP contribution < -0.4 is 10.1 Å². The van der Waals surface area contributed by atoms with Crippen LogP contribution in [0.25, 0.3) is 0 Å². The van der Waals surface area contributed by atoms with Gasteiger partial charge in [-0.1, -0.05) is 6.07 Å². The first-order valence-corrected chi connectivity index (χ1v) is 8.02. The minimum absolute atomic E-state index is 0.0685. The molecule has 2 aromatic heterocycles. The quantitative estimate of drug-likeness (QED) is 0.684. The summed E-state index contributed by atoms with van der Waals surface area (Å²) >= 11 is 0. The number of halogens is 3. The van der Waals surface area contributed by atoms with Crippen LogP contribution in [0.4, 0.5) is 19.0 Å². The minimum Gasteiger partial charge on any atom is -0.505 e. The lowest BCUT2D eigenvalue weighted by Gasteiger charge is -2.10. The van der Waals surface area contributed by atoms with E-state index in [-0.39, 0.29) is 28.9 Å². The molecule has 6 nitrogen and oxygen atoms in total. The predicted molar refractivity (Wildman–Crippen MR) is 94.3 cm³/mol. The molecule has 0 saturated heterocycles. The second-order valence-electron chi connectivity index (χ2n) is 5.76. The number of aryl methyl sites for hydroxylation is 1. The smallest absolute Gasteiger partial charge is 0.416 e. The summed E-state index contributed by atoms with van der Waals surface area (Å²) in [7, 11) is 0. The summed E-state index contributed by atoms with van der Waals surface area (Å²) in [5.74, 6) is -0.560. The van der Waals surface area contributed by atoms with E-state index >= 15 is 0 Å². The van der Waals surface area contributed by atoms with E-state index in [1.54, 1.807) is 19.1 Å². The van der Waals surface area contributed by atoms with Gasteiger partial charge in [-0.2, -0.15) is 18.2 Å². The zero-order valence-electron chi connectivity index (χ0n) is 14.5. The van der Waals surface area contributed by atoms with Crippen molar-refractivity contribution in [2.45, 2.75) is 13.1 Å². The van der Waals surface area contributed by atoms with Crippen LogP contribution in [0.15, 0.2) is 54.7 Å². The fourth-order valence-corrected chi connectivity index (χ4v) is 2.27. The first-order chi connectivity index (χ1) is 13.2. The average Bonchev–Trinajstić information content (AvgIpc) is 2.64. The van der Waals surface area contributed by atoms with Crippen molar-refractivity contribution in [3.63, 3.8) is 0 Å². The Morgan fingerprint density at radius 1 is 1.11 bits per heavy atom. The number of aromatic nitrogens is 2. The molecule has 144 valence electrons. The predicted octanol–water partition coefficient (Wildman–Crippen LogP) is 4.55. The van der Waals surface area contributed by atoms with Gasteiger partial charge < -0.3 is 15.2 Å². The molecule has 2 heterocycles. The first kappa shape index (κ1) is 19.2. The number of ether oxygens (including phenoxy) is 1. The van der Waals surface area contributed by atoms with Gasteiger partial charge in [0, 0.05) is 12.3 Å². The molecule has 3 aromatic rings. The molecule has 0 aliphatic heterocycles. The normalized spacial score (nSPS) is 11.1. The maximum absolute atomic E-state index is 12.6. The van der Waals surface area contributed by atoms with Gasteiger partial charge in [0.25, 0.3) is 5.91 Å². The van der Waals surface area contributed by atoms with Crippen LogP contribution in [-0.2, 0) is 6.18 Å². The van der Waals surface area contributed by atoms with E-state index < -0.39 is 17.6 Å². The molecule has 2 N–H and O–H groups in total. The van der Waals surface area contributed by atoms with E-state index in [2.05, 4.69) is 15.3 Å². The van der Waals surface area contributed by atoms with E-state index in [0.717, 1.165) is 12.1 Å². The van der Waals surface area contributed by atoms with Crippen molar-refractivity contribution in [2.75, 3.05) is 5.32 Å². The highest BCUT2D eigenvalue weighted by Crippen LogP contribution is 2.31. The highest BCUT2D eigenvalue weighted by Gasteiger charge is 2.30. The summed E-state index contributed by atoms with van der Waals surface area (Å²) in [4.78, 5) is 20.2. The van der Waals surface area contributed by atoms with E-state index in [4.69, 9.17) is 4.74 Å². The van der Waals surface area contributed by atoms with Crippen molar-refractivity contribution in [1.82, 2.24) is 9.97 Å². The number of anilines is 1. The van der Waals surface area contributed by atoms with Gasteiger partial charge in [-0.15, -0.1) is 0 Å². The van der Waals surface area contributed by atoms with Crippen LogP contribution >= 0.6 is 0 Å². The molecule has 3 rings (SSSR count). The summed E-state index contributed by atoms with van der Waals surface area (Å²) in [5.41, 5.74) is -0.456. The minimum atomic E-state index is -4.43. The number of nitrogens with zero attached hydrogens (tertiary/aromatic N) is 2. The lowest BCUT2D eigenvalue weighted by atomic mass is 10.2. The van der Waals surface area contributed by atoms with Gasteiger partial charge in [-0.05, 0) is 48.9 Å². The van der Waals surface area contributed by atoms with Crippen molar-refractivity contribution in [2.24, 2.45) is 0 Å². The molecule has 0 unspecified atom stereocenters. The zero-order valence-corrected chi connectivity index (χ0v) is 14.5. The number of aromatic hydroxyl groups is 1. The Kier molecular flexibility index (Phi) is 5.16. The van der Waals surface area contributed by atoms with Gasteiger partial charge in [0.05, 0.1) is 5.56 Å². The number of hydrogen-bond acceptors (Lipinski definition) is 5. The Hall–Kier alpha value is -3.62. The lowest BCUT2D eigenvalue weighted by Crippen LogP contribution is -2.15. The summed E-state index contributed by atoms with van der Waals surface area (Å²) in [6.45, 7) is 1.63. The van der Waals surface area contributed by atoms with E-state index in [9.17, 15) is 23.1 Å². The Morgan fingerprint density at radius 2 is 1.82 bits per heavy atom. The average molecular weight is 389 g/mol. The SMILES string of the molecule is Cc1ccnc(C(=O)Nc2cccc(Oc3ccc(C(F)(F)F)cc3)n2)c1O. The van der Waals surface area contributed by atoms with Gasteiger partial charge in [0.1, 0.15) is 17.3 Å². The molecule has 1 amide bonds. The van der Waals surface area contributed by atoms with Gasteiger partial charge >= 0.3 is 6.18 Å². The molecule has 28 heavy (non-hydrogen) atoms. The highest BCUT2D eigenvalue weighted by atomic mass is 19.4. The largest absolute Gasteiger partial charge is 0.505 e. The molecule has 0 aliphatic carbocycles. The number of carbonyl (C=O) groups is 1. The number of pyridine rings is 2. The summed E-state index contributed by atoms with van der Waals surface area (Å²) in [6.07, 6.45) is -3.04. The fraction of sp³-hybridized carbons (Fsp3) is 0.105. The third-order valence-corrected chi connectivity index (χ3v) is 3.71.